The molecule has 5 nitrogen and oxygen atoms in total. The summed E-state index contributed by atoms with van der Waals surface area (Å²) in [5, 5.41) is 2.50. The number of ether oxygens (including phenoxy) is 1. The van der Waals surface area contributed by atoms with Crippen molar-refractivity contribution in [3.8, 4) is 5.75 Å². The molecule has 0 spiro atoms. The van der Waals surface area contributed by atoms with Gasteiger partial charge in [-0.2, -0.15) is 0 Å². The highest BCUT2D eigenvalue weighted by Crippen LogP contribution is 2.11. The SMILES string of the molecule is CNC(=O)c1ccc(OCC(N)=O)cc1. The van der Waals surface area contributed by atoms with E-state index in [1.54, 1.807) is 31.3 Å². The minimum Gasteiger partial charge on any atom is -0.484 e. The van der Waals surface area contributed by atoms with Crippen LogP contribution in [0.3, 0.4) is 0 Å². The summed E-state index contributed by atoms with van der Waals surface area (Å²) in [5.41, 5.74) is 5.44. The van der Waals surface area contributed by atoms with Gasteiger partial charge in [0, 0.05) is 12.6 Å². The fourth-order valence-electron chi connectivity index (χ4n) is 1.00. The summed E-state index contributed by atoms with van der Waals surface area (Å²) in [6, 6.07) is 6.42. The molecule has 0 fully saturated rings. The van der Waals surface area contributed by atoms with E-state index in [1.165, 1.54) is 0 Å². The molecule has 0 bridgehead atoms. The Bertz CT molecular complexity index is 359. The third-order valence-electron chi connectivity index (χ3n) is 1.72. The smallest absolute Gasteiger partial charge is 0.255 e. The molecule has 0 aromatic heterocycles. The van der Waals surface area contributed by atoms with Crippen LogP contribution in [0.15, 0.2) is 24.3 Å². The summed E-state index contributed by atoms with van der Waals surface area (Å²) in [5.74, 6) is -0.205. The quantitative estimate of drug-likeness (QED) is 0.725. The molecule has 5 heteroatoms. The minimum atomic E-state index is -0.537. The van der Waals surface area contributed by atoms with Crippen LogP contribution in [0.5, 0.6) is 5.75 Å². The predicted octanol–water partition coefficient (Wildman–Crippen LogP) is -0.0897. The number of amides is 2. The van der Waals surface area contributed by atoms with Gasteiger partial charge in [-0.15, -0.1) is 0 Å². The second-order valence-electron chi connectivity index (χ2n) is 2.86. The fourth-order valence-corrected chi connectivity index (χ4v) is 1.00. The van der Waals surface area contributed by atoms with Crippen LogP contribution in [-0.2, 0) is 4.79 Å². The maximum atomic E-state index is 11.2. The number of carbonyl (C=O) groups is 2. The van der Waals surface area contributed by atoms with Crippen LogP contribution in [0.2, 0.25) is 0 Å². The Labute approximate surface area is 87.2 Å². The maximum absolute atomic E-state index is 11.2. The minimum absolute atomic E-state index is 0.167. The molecule has 3 N–H and O–H groups in total. The lowest BCUT2D eigenvalue weighted by Gasteiger charge is -2.04. The second kappa shape index (κ2) is 4.99. The first-order chi connectivity index (χ1) is 7.13. The van der Waals surface area contributed by atoms with Crippen molar-refractivity contribution in [3.63, 3.8) is 0 Å². The van der Waals surface area contributed by atoms with Crippen molar-refractivity contribution in [1.82, 2.24) is 5.32 Å². The van der Waals surface area contributed by atoms with Crippen molar-refractivity contribution < 1.29 is 14.3 Å². The van der Waals surface area contributed by atoms with Crippen LogP contribution >= 0.6 is 0 Å². The molecule has 0 atom stereocenters. The monoisotopic (exact) mass is 208 g/mol. The van der Waals surface area contributed by atoms with Crippen molar-refractivity contribution in [3.05, 3.63) is 29.8 Å². The Hall–Kier alpha value is -2.04. The van der Waals surface area contributed by atoms with E-state index in [1.807, 2.05) is 0 Å². The molecule has 0 aliphatic rings. The summed E-state index contributed by atoms with van der Waals surface area (Å²) in [7, 11) is 1.56. The summed E-state index contributed by atoms with van der Waals surface area (Å²) < 4.78 is 5.03. The van der Waals surface area contributed by atoms with Crippen molar-refractivity contribution in [2.24, 2.45) is 5.73 Å². The molecule has 15 heavy (non-hydrogen) atoms. The number of benzene rings is 1. The maximum Gasteiger partial charge on any atom is 0.255 e. The normalized spacial score (nSPS) is 9.40. The van der Waals surface area contributed by atoms with E-state index in [0.29, 0.717) is 11.3 Å². The van der Waals surface area contributed by atoms with Gasteiger partial charge in [0.15, 0.2) is 6.61 Å². The molecule has 0 radical (unpaired) electrons. The van der Waals surface area contributed by atoms with E-state index in [4.69, 9.17) is 10.5 Å². The Morgan fingerprint density at radius 2 is 1.93 bits per heavy atom. The first-order valence-corrected chi connectivity index (χ1v) is 4.36. The molecule has 1 aromatic rings. The van der Waals surface area contributed by atoms with Gasteiger partial charge >= 0.3 is 0 Å². The largest absolute Gasteiger partial charge is 0.484 e. The third-order valence-corrected chi connectivity index (χ3v) is 1.72. The van der Waals surface area contributed by atoms with Crippen molar-refractivity contribution in [1.29, 1.82) is 0 Å². The second-order valence-corrected chi connectivity index (χ2v) is 2.86. The average molecular weight is 208 g/mol. The molecular weight excluding hydrogens is 196 g/mol. The van der Waals surface area contributed by atoms with Gasteiger partial charge in [-0.05, 0) is 24.3 Å². The average Bonchev–Trinajstić information content (AvgIpc) is 2.26. The van der Waals surface area contributed by atoms with E-state index in [0.717, 1.165) is 0 Å². The Morgan fingerprint density at radius 1 is 1.33 bits per heavy atom. The van der Waals surface area contributed by atoms with E-state index in [2.05, 4.69) is 5.32 Å². The van der Waals surface area contributed by atoms with Crippen molar-refractivity contribution in [2.75, 3.05) is 13.7 Å². The number of hydrogen-bond acceptors (Lipinski definition) is 3. The van der Waals surface area contributed by atoms with E-state index < -0.39 is 5.91 Å². The van der Waals surface area contributed by atoms with E-state index in [-0.39, 0.29) is 12.5 Å². The Kier molecular flexibility index (Phi) is 3.68. The van der Waals surface area contributed by atoms with Gasteiger partial charge in [-0.1, -0.05) is 0 Å². The Morgan fingerprint density at radius 3 is 2.40 bits per heavy atom. The highest BCUT2D eigenvalue weighted by molar-refractivity contribution is 5.94. The van der Waals surface area contributed by atoms with Gasteiger partial charge in [-0.3, -0.25) is 9.59 Å². The number of primary amides is 1. The molecule has 0 unspecified atom stereocenters. The molecule has 80 valence electrons. The zero-order chi connectivity index (χ0) is 11.3. The molecule has 0 aliphatic heterocycles. The van der Waals surface area contributed by atoms with Gasteiger partial charge in [0.05, 0.1) is 0 Å². The number of nitrogens with one attached hydrogen (secondary N) is 1. The summed E-state index contributed by atoms with van der Waals surface area (Å²) in [4.78, 5) is 21.6. The predicted molar refractivity (Wildman–Crippen MR) is 54.5 cm³/mol. The van der Waals surface area contributed by atoms with Crippen molar-refractivity contribution >= 4 is 11.8 Å². The van der Waals surface area contributed by atoms with Gasteiger partial charge < -0.3 is 15.8 Å². The molecule has 1 rings (SSSR count). The van der Waals surface area contributed by atoms with Crippen LogP contribution in [0, 0.1) is 0 Å². The highest BCUT2D eigenvalue weighted by atomic mass is 16.5. The van der Waals surface area contributed by atoms with Crippen molar-refractivity contribution in [2.45, 2.75) is 0 Å². The molecule has 0 saturated carbocycles. The van der Waals surface area contributed by atoms with E-state index >= 15 is 0 Å². The number of hydrogen-bond donors (Lipinski definition) is 2. The lowest BCUT2D eigenvalue weighted by Crippen LogP contribution is -2.20. The van der Waals surface area contributed by atoms with Gasteiger partial charge in [0.1, 0.15) is 5.75 Å². The van der Waals surface area contributed by atoms with Crippen LogP contribution in [0.1, 0.15) is 10.4 Å². The zero-order valence-electron chi connectivity index (χ0n) is 8.32. The summed E-state index contributed by atoms with van der Waals surface area (Å²) >= 11 is 0. The number of nitrogens with two attached hydrogens (primary N) is 1. The molecule has 0 aliphatic carbocycles. The summed E-state index contributed by atoms with van der Waals surface area (Å²) in [6.07, 6.45) is 0. The van der Waals surface area contributed by atoms with E-state index in [9.17, 15) is 9.59 Å². The van der Waals surface area contributed by atoms with Gasteiger partial charge in [-0.25, -0.2) is 0 Å². The lowest BCUT2D eigenvalue weighted by molar-refractivity contribution is -0.119. The fraction of sp³-hybridized carbons (Fsp3) is 0.200. The molecule has 0 heterocycles. The van der Waals surface area contributed by atoms with Crippen LogP contribution in [-0.4, -0.2) is 25.5 Å². The van der Waals surface area contributed by atoms with Gasteiger partial charge in [0.2, 0.25) is 0 Å². The third kappa shape index (κ3) is 3.30. The molecule has 0 saturated heterocycles. The number of carbonyl (C=O) groups excluding carboxylic acids is 2. The topological polar surface area (TPSA) is 81.4 Å². The van der Waals surface area contributed by atoms with Crippen LogP contribution in [0.25, 0.3) is 0 Å². The van der Waals surface area contributed by atoms with Crippen LogP contribution in [0.4, 0.5) is 0 Å². The molecular formula is C10H12N2O3. The highest BCUT2D eigenvalue weighted by Gasteiger charge is 2.03. The first kappa shape index (κ1) is 11.0. The summed E-state index contributed by atoms with van der Waals surface area (Å²) in [6.45, 7) is -0.167. The standard InChI is InChI=1S/C10H12N2O3/c1-12-10(14)7-2-4-8(5-3-7)15-6-9(11)13/h2-5H,6H2,1H3,(H2,11,13)(H,12,14). The molecule has 1 aromatic carbocycles. The zero-order valence-corrected chi connectivity index (χ0v) is 8.32. The lowest BCUT2D eigenvalue weighted by atomic mass is 10.2. The first-order valence-electron chi connectivity index (χ1n) is 4.36. The molecule has 2 amide bonds. The number of rotatable bonds is 4. The Balaban J connectivity index is 2.64. The van der Waals surface area contributed by atoms with Crippen LogP contribution < -0.4 is 15.8 Å². The van der Waals surface area contributed by atoms with Gasteiger partial charge in [0.25, 0.3) is 11.8 Å².